The lowest BCUT2D eigenvalue weighted by atomic mass is 10.2. The molecule has 0 saturated carbocycles. The number of aromatic nitrogens is 2. The molecule has 0 saturated heterocycles. The third kappa shape index (κ3) is 3.25. The number of rotatable bonds is 5. The smallest absolute Gasteiger partial charge is 0.240 e. The highest BCUT2D eigenvalue weighted by atomic mass is 32.2. The van der Waals surface area contributed by atoms with Crippen molar-refractivity contribution >= 4 is 21.4 Å². The molecule has 0 amide bonds. The van der Waals surface area contributed by atoms with E-state index in [9.17, 15) is 8.42 Å². The molecular weight excluding hydrogens is 282 g/mol. The molecule has 0 aliphatic carbocycles. The van der Waals surface area contributed by atoms with Gasteiger partial charge in [0.2, 0.25) is 15.9 Å². The summed E-state index contributed by atoms with van der Waals surface area (Å²) in [4.78, 5) is 3.96. The van der Waals surface area contributed by atoms with Gasteiger partial charge in [0.25, 0.3) is 0 Å². The average Bonchev–Trinajstić information content (AvgIpc) is 2.76. The van der Waals surface area contributed by atoms with Gasteiger partial charge in [-0.05, 0) is 12.1 Å². The van der Waals surface area contributed by atoms with E-state index >= 15 is 0 Å². The Kier molecular flexibility index (Phi) is 3.91. The summed E-state index contributed by atoms with van der Waals surface area (Å²) < 4.78 is 27.5. The van der Waals surface area contributed by atoms with Crippen molar-refractivity contribution in [2.45, 2.75) is 18.2 Å². The maximum absolute atomic E-state index is 11.3. The molecule has 2 aromatic rings. The Morgan fingerprint density at radius 3 is 2.75 bits per heavy atom. The Hall–Kier alpha value is -2.13. The van der Waals surface area contributed by atoms with Crippen molar-refractivity contribution in [2.24, 2.45) is 5.14 Å². The topological polar surface area (TPSA) is 137 Å². The summed E-state index contributed by atoms with van der Waals surface area (Å²) >= 11 is 0. The second-order valence-corrected chi connectivity index (χ2v) is 5.70. The van der Waals surface area contributed by atoms with Crippen molar-refractivity contribution in [3.8, 4) is 0 Å². The molecule has 0 fully saturated rings. The van der Waals surface area contributed by atoms with Crippen LogP contribution in [-0.2, 0) is 16.4 Å². The van der Waals surface area contributed by atoms with E-state index in [2.05, 4.69) is 15.5 Å². The van der Waals surface area contributed by atoms with Crippen LogP contribution in [0.3, 0.4) is 0 Å². The zero-order valence-electron chi connectivity index (χ0n) is 10.8. The highest BCUT2D eigenvalue weighted by Gasteiger charge is 2.14. The van der Waals surface area contributed by atoms with Crippen molar-refractivity contribution in [1.82, 2.24) is 10.1 Å². The molecule has 1 aromatic carbocycles. The minimum atomic E-state index is -3.83. The number of nitrogens with one attached hydrogen (secondary N) is 1. The third-order valence-electron chi connectivity index (χ3n) is 2.61. The maximum atomic E-state index is 11.3. The van der Waals surface area contributed by atoms with Gasteiger partial charge in [0.15, 0.2) is 5.82 Å². The lowest BCUT2D eigenvalue weighted by Crippen LogP contribution is -2.16. The van der Waals surface area contributed by atoms with Crippen LogP contribution in [0.4, 0.5) is 11.4 Å². The number of primary sulfonamides is 1. The first-order valence-corrected chi connectivity index (χ1v) is 7.37. The molecule has 0 atom stereocenters. The summed E-state index contributed by atoms with van der Waals surface area (Å²) in [5, 5.41) is 11.9. The predicted molar refractivity (Wildman–Crippen MR) is 73.5 cm³/mol. The zero-order chi connectivity index (χ0) is 14.8. The maximum Gasteiger partial charge on any atom is 0.240 e. The first-order chi connectivity index (χ1) is 9.38. The van der Waals surface area contributed by atoms with Gasteiger partial charge in [-0.1, -0.05) is 11.2 Å². The number of nitrogens with zero attached hydrogens (tertiary/aromatic N) is 2. The SMILES string of the molecule is Cc1nc(CCNc2cccc(S(N)(=O)=O)c2N)no1. The Morgan fingerprint density at radius 2 is 2.15 bits per heavy atom. The molecule has 1 aromatic heterocycles. The number of sulfonamides is 1. The first-order valence-electron chi connectivity index (χ1n) is 5.82. The van der Waals surface area contributed by atoms with Crippen LogP contribution in [0.5, 0.6) is 0 Å². The Morgan fingerprint density at radius 1 is 1.40 bits per heavy atom. The van der Waals surface area contributed by atoms with Gasteiger partial charge in [0.05, 0.1) is 11.4 Å². The van der Waals surface area contributed by atoms with Gasteiger partial charge < -0.3 is 15.6 Å². The van der Waals surface area contributed by atoms with Crippen LogP contribution in [0.15, 0.2) is 27.6 Å². The molecule has 5 N–H and O–H groups in total. The third-order valence-corrected chi connectivity index (χ3v) is 3.58. The molecule has 2 rings (SSSR count). The van der Waals surface area contributed by atoms with E-state index in [1.54, 1.807) is 19.1 Å². The number of hydrogen-bond acceptors (Lipinski definition) is 7. The number of anilines is 2. The molecule has 9 heteroatoms. The summed E-state index contributed by atoms with van der Waals surface area (Å²) in [5.74, 6) is 1.06. The van der Waals surface area contributed by atoms with Crippen LogP contribution in [0.25, 0.3) is 0 Å². The number of nitrogen functional groups attached to an aromatic ring is 1. The van der Waals surface area contributed by atoms with Crippen LogP contribution in [0.1, 0.15) is 11.7 Å². The predicted octanol–water partition coefficient (Wildman–Crippen LogP) is 0.262. The fourth-order valence-corrected chi connectivity index (χ4v) is 2.38. The quantitative estimate of drug-likeness (QED) is 0.673. The van der Waals surface area contributed by atoms with E-state index in [4.69, 9.17) is 15.4 Å². The molecule has 8 nitrogen and oxygen atoms in total. The zero-order valence-corrected chi connectivity index (χ0v) is 11.6. The fourth-order valence-electron chi connectivity index (χ4n) is 1.70. The second kappa shape index (κ2) is 5.47. The monoisotopic (exact) mass is 297 g/mol. The van der Waals surface area contributed by atoms with Crippen molar-refractivity contribution in [3.63, 3.8) is 0 Å². The van der Waals surface area contributed by atoms with Crippen molar-refractivity contribution in [3.05, 3.63) is 29.9 Å². The molecule has 0 spiro atoms. The van der Waals surface area contributed by atoms with E-state index in [0.29, 0.717) is 30.4 Å². The average molecular weight is 297 g/mol. The van der Waals surface area contributed by atoms with E-state index < -0.39 is 10.0 Å². The number of benzene rings is 1. The summed E-state index contributed by atoms with van der Waals surface area (Å²) in [6, 6.07) is 4.60. The van der Waals surface area contributed by atoms with Gasteiger partial charge in [0.1, 0.15) is 4.90 Å². The largest absolute Gasteiger partial charge is 0.396 e. The Bertz CT molecular complexity index is 711. The summed E-state index contributed by atoms with van der Waals surface area (Å²) in [6.45, 7) is 2.19. The number of aryl methyl sites for hydroxylation is 1. The number of para-hydroxylation sites is 1. The Labute approximate surface area is 116 Å². The van der Waals surface area contributed by atoms with E-state index in [1.807, 2.05) is 0 Å². The highest BCUT2D eigenvalue weighted by molar-refractivity contribution is 7.89. The minimum Gasteiger partial charge on any atom is -0.396 e. The van der Waals surface area contributed by atoms with Gasteiger partial charge in [-0.3, -0.25) is 0 Å². The molecule has 0 bridgehead atoms. The number of nitrogens with two attached hydrogens (primary N) is 2. The van der Waals surface area contributed by atoms with Gasteiger partial charge in [-0.15, -0.1) is 0 Å². The molecule has 0 aliphatic heterocycles. The van der Waals surface area contributed by atoms with Crippen LogP contribution in [0.2, 0.25) is 0 Å². The summed E-state index contributed by atoms with van der Waals surface area (Å²) in [7, 11) is -3.83. The van der Waals surface area contributed by atoms with Crippen LogP contribution >= 0.6 is 0 Å². The van der Waals surface area contributed by atoms with Crippen molar-refractivity contribution < 1.29 is 12.9 Å². The van der Waals surface area contributed by atoms with Crippen molar-refractivity contribution in [2.75, 3.05) is 17.6 Å². The van der Waals surface area contributed by atoms with E-state index in [0.717, 1.165) is 0 Å². The summed E-state index contributed by atoms with van der Waals surface area (Å²) in [5.41, 5.74) is 6.38. The van der Waals surface area contributed by atoms with Gasteiger partial charge in [-0.2, -0.15) is 4.98 Å². The van der Waals surface area contributed by atoms with Crippen molar-refractivity contribution in [1.29, 1.82) is 0 Å². The molecule has 20 heavy (non-hydrogen) atoms. The molecule has 0 radical (unpaired) electrons. The first kappa shape index (κ1) is 14.3. The molecule has 0 unspecified atom stereocenters. The van der Waals surface area contributed by atoms with Crippen LogP contribution in [-0.4, -0.2) is 25.1 Å². The van der Waals surface area contributed by atoms with E-state index in [1.165, 1.54) is 6.07 Å². The highest BCUT2D eigenvalue weighted by Crippen LogP contribution is 2.25. The molecule has 0 aliphatic rings. The fraction of sp³-hybridized carbons (Fsp3) is 0.273. The lowest BCUT2D eigenvalue weighted by molar-refractivity contribution is 0.387. The van der Waals surface area contributed by atoms with Gasteiger partial charge in [-0.25, -0.2) is 13.6 Å². The second-order valence-electron chi connectivity index (χ2n) is 4.17. The van der Waals surface area contributed by atoms with Gasteiger partial charge in [0, 0.05) is 19.9 Å². The van der Waals surface area contributed by atoms with E-state index in [-0.39, 0.29) is 10.6 Å². The molecule has 1 heterocycles. The van der Waals surface area contributed by atoms with Crippen LogP contribution < -0.4 is 16.2 Å². The molecule has 108 valence electrons. The normalized spacial score (nSPS) is 11.5. The summed E-state index contributed by atoms with van der Waals surface area (Å²) in [6.07, 6.45) is 0.524. The van der Waals surface area contributed by atoms with Gasteiger partial charge >= 0.3 is 0 Å². The minimum absolute atomic E-state index is 0.0966. The lowest BCUT2D eigenvalue weighted by Gasteiger charge is -2.11. The standard InChI is InChI=1S/C11H15N5O3S/c1-7-15-10(16-19-7)5-6-14-8-3-2-4-9(11(8)12)20(13,17)18/h2-4,14H,5-6,12H2,1H3,(H2,13,17,18). The van der Waals surface area contributed by atoms with Crippen LogP contribution in [0, 0.1) is 6.92 Å². The Balaban J connectivity index is 2.07. The number of hydrogen-bond donors (Lipinski definition) is 3. The molecular formula is C11H15N5O3S.